The van der Waals surface area contributed by atoms with E-state index in [2.05, 4.69) is 5.32 Å². The first-order chi connectivity index (χ1) is 14.8. The Bertz CT molecular complexity index is 1110. The number of benzene rings is 3. The van der Waals surface area contributed by atoms with Crippen molar-refractivity contribution in [2.45, 2.75) is 19.4 Å². The number of fused-ring (bicyclic) bond motifs is 1. The quantitative estimate of drug-likeness (QED) is 0.591. The molecule has 0 fully saturated rings. The molecule has 158 valence electrons. The van der Waals surface area contributed by atoms with Gasteiger partial charge in [-0.2, -0.15) is 0 Å². The molecule has 0 radical (unpaired) electrons. The van der Waals surface area contributed by atoms with Crippen LogP contribution in [0.2, 0.25) is 5.02 Å². The lowest BCUT2D eigenvalue weighted by Crippen LogP contribution is -2.54. The third-order valence-corrected chi connectivity index (χ3v) is 4.99. The molecule has 0 spiro atoms. The van der Waals surface area contributed by atoms with Crippen LogP contribution in [0.1, 0.15) is 13.8 Å². The zero-order valence-electron chi connectivity index (χ0n) is 17.1. The van der Waals surface area contributed by atoms with Crippen LogP contribution < -0.4 is 19.7 Å². The number of hydrogen-bond donors (Lipinski definition) is 1. The number of rotatable bonds is 5. The summed E-state index contributed by atoms with van der Waals surface area (Å²) in [5.74, 6) is 1.23. The van der Waals surface area contributed by atoms with Crippen LogP contribution in [0.15, 0.2) is 72.8 Å². The van der Waals surface area contributed by atoms with Crippen LogP contribution in [0.25, 0.3) is 0 Å². The maximum Gasteiger partial charge on any atom is 0.271 e. The Kier molecular flexibility index (Phi) is 5.57. The summed E-state index contributed by atoms with van der Waals surface area (Å²) < 4.78 is 11.5. The van der Waals surface area contributed by atoms with E-state index in [0.717, 1.165) is 5.75 Å². The number of anilines is 2. The molecule has 0 saturated carbocycles. The first kappa shape index (κ1) is 20.8. The van der Waals surface area contributed by atoms with Crippen molar-refractivity contribution >= 4 is 34.8 Å². The number of nitrogens with one attached hydrogen (secondary N) is 1. The summed E-state index contributed by atoms with van der Waals surface area (Å²) >= 11 is 6.09. The molecule has 1 heterocycles. The zero-order chi connectivity index (χ0) is 22.0. The largest absolute Gasteiger partial charge is 0.476 e. The fourth-order valence-corrected chi connectivity index (χ4v) is 3.44. The summed E-state index contributed by atoms with van der Waals surface area (Å²) in [5, 5.41) is 3.26. The Labute approximate surface area is 185 Å². The van der Waals surface area contributed by atoms with Crippen LogP contribution in [0.4, 0.5) is 11.4 Å². The summed E-state index contributed by atoms with van der Waals surface area (Å²) in [5.41, 5.74) is -0.0207. The first-order valence-electron chi connectivity index (χ1n) is 9.75. The van der Waals surface area contributed by atoms with Crippen molar-refractivity contribution in [2.75, 3.05) is 16.8 Å². The molecule has 1 aliphatic heterocycles. The van der Waals surface area contributed by atoms with Crippen molar-refractivity contribution in [2.24, 2.45) is 0 Å². The molecule has 3 aromatic carbocycles. The Morgan fingerprint density at radius 3 is 2.42 bits per heavy atom. The second-order valence-electron chi connectivity index (χ2n) is 7.60. The summed E-state index contributed by atoms with van der Waals surface area (Å²) in [7, 11) is 0. The van der Waals surface area contributed by atoms with E-state index in [-0.39, 0.29) is 18.4 Å². The van der Waals surface area contributed by atoms with Gasteiger partial charge in [-0.15, -0.1) is 0 Å². The van der Waals surface area contributed by atoms with Gasteiger partial charge in [-0.3, -0.25) is 14.5 Å². The molecule has 6 nitrogen and oxygen atoms in total. The maximum absolute atomic E-state index is 12.9. The summed E-state index contributed by atoms with van der Waals surface area (Å²) in [6.07, 6.45) is 0. The molecule has 0 saturated heterocycles. The molecule has 31 heavy (non-hydrogen) atoms. The van der Waals surface area contributed by atoms with Gasteiger partial charge in [-0.05, 0) is 68.4 Å². The fourth-order valence-electron chi connectivity index (χ4n) is 3.27. The third kappa shape index (κ3) is 4.64. The smallest absolute Gasteiger partial charge is 0.271 e. The van der Waals surface area contributed by atoms with Crippen LogP contribution in [0, 0.1) is 0 Å². The molecule has 0 aliphatic carbocycles. The molecule has 0 atom stereocenters. The Balaban J connectivity index is 1.46. The lowest BCUT2D eigenvalue weighted by Gasteiger charge is -2.38. The monoisotopic (exact) mass is 436 g/mol. The minimum atomic E-state index is -1.09. The van der Waals surface area contributed by atoms with Crippen molar-refractivity contribution in [3.8, 4) is 17.2 Å². The van der Waals surface area contributed by atoms with Crippen molar-refractivity contribution in [3.05, 3.63) is 77.8 Å². The van der Waals surface area contributed by atoms with E-state index in [0.29, 0.717) is 27.9 Å². The van der Waals surface area contributed by atoms with E-state index in [9.17, 15) is 9.59 Å². The molecule has 1 aliphatic rings. The number of carbonyl (C=O) groups excluding carboxylic acids is 2. The van der Waals surface area contributed by atoms with Gasteiger partial charge in [0, 0.05) is 10.7 Å². The topological polar surface area (TPSA) is 67.9 Å². The van der Waals surface area contributed by atoms with E-state index < -0.39 is 5.60 Å². The molecule has 4 rings (SSSR count). The van der Waals surface area contributed by atoms with Crippen molar-refractivity contribution in [1.82, 2.24) is 0 Å². The summed E-state index contributed by atoms with van der Waals surface area (Å²) in [6, 6.07) is 21.4. The molecule has 1 N–H and O–H groups in total. The van der Waals surface area contributed by atoms with Gasteiger partial charge in [0.05, 0.1) is 5.69 Å². The second-order valence-corrected chi connectivity index (χ2v) is 8.04. The highest BCUT2D eigenvalue weighted by molar-refractivity contribution is 6.31. The van der Waals surface area contributed by atoms with Crippen molar-refractivity contribution < 1.29 is 19.1 Å². The van der Waals surface area contributed by atoms with Crippen LogP contribution in [-0.4, -0.2) is 24.0 Å². The van der Waals surface area contributed by atoms with E-state index in [4.69, 9.17) is 21.1 Å². The molecule has 0 aromatic heterocycles. The molecular weight excluding hydrogens is 416 g/mol. The van der Waals surface area contributed by atoms with Gasteiger partial charge in [-0.25, -0.2) is 0 Å². The highest BCUT2D eigenvalue weighted by Crippen LogP contribution is 2.39. The van der Waals surface area contributed by atoms with E-state index >= 15 is 0 Å². The van der Waals surface area contributed by atoms with Gasteiger partial charge >= 0.3 is 0 Å². The normalized spacial score (nSPS) is 14.4. The number of ether oxygens (including phenoxy) is 2. The lowest BCUT2D eigenvalue weighted by atomic mass is 10.0. The number of amides is 2. The highest BCUT2D eigenvalue weighted by Gasteiger charge is 2.41. The highest BCUT2D eigenvalue weighted by atomic mass is 35.5. The van der Waals surface area contributed by atoms with Crippen LogP contribution in [0.3, 0.4) is 0 Å². The van der Waals surface area contributed by atoms with E-state index in [1.807, 2.05) is 30.3 Å². The minimum Gasteiger partial charge on any atom is -0.476 e. The minimum absolute atomic E-state index is 0.165. The Hall–Kier alpha value is -3.51. The van der Waals surface area contributed by atoms with Gasteiger partial charge in [-0.1, -0.05) is 29.8 Å². The third-order valence-electron chi connectivity index (χ3n) is 4.76. The predicted octanol–water partition coefficient (Wildman–Crippen LogP) is 5.28. The fraction of sp³-hybridized carbons (Fsp3) is 0.167. The number of hydrogen-bond acceptors (Lipinski definition) is 4. The van der Waals surface area contributed by atoms with Gasteiger partial charge in [0.15, 0.2) is 5.60 Å². The summed E-state index contributed by atoms with van der Waals surface area (Å²) in [6.45, 7) is 3.17. The molecular formula is C24H21ClN2O4. The molecule has 3 aromatic rings. The summed E-state index contributed by atoms with van der Waals surface area (Å²) in [4.78, 5) is 27.0. The van der Waals surface area contributed by atoms with Crippen LogP contribution in [-0.2, 0) is 9.59 Å². The molecule has 0 unspecified atom stereocenters. The second kappa shape index (κ2) is 8.32. The van der Waals surface area contributed by atoms with Gasteiger partial charge in [0.1, 0.15) is 23.8 Å². The predicted molar refractivity (Wildman–Crippen MR) is 120 cm³/mol. The van der Waals surface area contributed by atoms with E-state index in [1.54, 1.807) is 56.3 Å². The standard InChI is InChI=1S/C24H21ClN2O4/c1-24(2)23(29)27(20-14-16(25)8-13-21(20)31-24)15-22(28)26-17-9-11-19(12-10-17)30-18-6-4-3-5-7-18/h3-14H,15H2,1-2H3,(H,26,28). The first-order valence-corrected chi connectivity index (χ1v) is 10.1. The van der Waals surface area contributed by atoms with E-state index in [1.165, 1.54) is 4.90 Å². The average Bonchev–Trinajstić information content (AvgIpc) is 2.74. The van der Waals surface area contributed by atoms with Crippen LogP contribution >= 0.6 is 11.6 Å². The molecule has 7 heteroatoms. The number of carbonyl (C=O) groups is 2. The Morgan fingerprint density at radius 1 is 1.03 bits per heavy atom. The SMILES string of the molecule is CC1(C)Oc2ccc(Cl)cc2N(CC(=O)Nc2ccc(Oc3ccccc3)cc2)C1=O. The molecule has 2 amide bonds. The van der Waals surface area contributed by atoms with Gasteiger partial charge in [0.2, 0.25) is 5.91 Å². The lowest BCUT2D eigenvalue weighted by molar-refractivity contribution is -0.133. The number of para-hydroxylation sites is 1. The number of halogens is 1. The molecule has 0 bridgehead atoms. The maximum atomic E-state index is 12.9. The van der Waals surface area contributed by atoms with Gasteiger partial charge < -0.3 is 14.8 Å². The number of nitrogens with zero attached hydrogens (tertiary/aromatic N) is 1. The Morgan fingerprint density at radius 2 is 1.71 bits per heavy atom. The van der Waals surface area contributed by atoms with Crippen molar-refractivity contribution in [3.63, 3.8) is 0 Å². The zero-order valence-corrected chi connectivity index (χ0v) is 17.8. The van der Waals surface area contributed by atoms with Crippen LogP contribution in [0.5, 0.6) is 17.2 Å². The van der Waals surface area contributed by atoms with Gasteiger partial charge in [0.25, 0.3) is 5.91 Å². The van der Waals surface area contributed by atoms with Crippen molar-refractivity contribution in [1.29, 1.82) is 0 Å². The average molecular weight is 437 g/mol.